The molecule has 0 bridgehead atoms. The van der Waals surface area contributed by atoms with Crippen molar-refractivity contribution in [2.45, 2.75) is 20.4 Å². The smallest absolute Gasteiger partial charge is 0.233 e. The van der Waals surface area contributed by atoms with Crippen LogP contribution in [0.4, 0.5) is 5.82 Å². The zero-order valence-electron chi connectivity index (χ0n) is 11.4. The lowest BCUT2D eigenvalue weighted by Crippen LogP contribution is -2.35. The first-order chi connectivity index (χ1) is 8.69. The Morgan fingerprint density at radius 1 is 1.39 bits per heavy atom. The first kappa shape index (κ1) is 14.4. The number of hydrogen-bond acceptors (Lipinski definition) is 4. The highest BCUT2D eigenvalue weighted by Gasteiger charge is 2.08. The van der Waals surface area contributed by atoms with E-state index >= 15 is 0 Å². The van der Waals surface area contributed by atoms with Crippen LogP contribution in [0.25, 0.3) is 0 Å². The van der Waals surface area contributed by atoms with Crippen molar-refractivity contribution in [2.24, 2.45) is 0 Å². The van der Waals surface area contributed by atoms with Crippen LogP contribution in [0.2, 0.25) is 0 Å². The number of likely N-dealkylation sites (N-methyl/N-ethyl adjacent to an activating group) is 2. The maximum atomic E-state index is 11.3. The Bertz CT molecular complexity index is 364. The molecule has 1 rings (SSSR count). The molecule has 100 valence electrons. The monoisotopic (exact) mass is 250 g/mol. The lowest BCUT2D eigenvalue weighted by Gasteiger charge is -2.19. The molecule has 0 saturated heterocycles. The second-order valence-electron chi connectivity index (χ2n) is 4.06. The van der Waals surface area contributed by atoms with Gasteiger partial charge in [-0.15, -0.1) is 0 Å². The number of anilines is 1. The Hall–Kier alpha value is -1.62. The zero-order chi connectivity index (χ0) is 13.4. The van der Waals surface area contributed by atoms with Gasteiger partial charge in [0.15, 0.2) is 0 Å². The molecule has 1 aromatic rings. The predicted molar refractivity (Wildman–Crippen MR) is 73.4 cm³/mol. The summed E-state index contributed by atoms with van der Waals surface area (Å²) in [5, 5.41) is 5.79. The summed E-state index contributed by atoms with van der Waals surface area (Å²) in [6.45, 7) is 6.94. The van der Waals surface area contributed by atoms with Crippen molar-refractivity contribution in [3.63, 3.8) is 0 Å². The maximum absolute atomic E-state index is 11.3. The Labute approximate surface area is 109 Å². The van der Waals surface area contributed by atoms with Crippen LogP contribution < -0.4 is 10.6 Å². The molecule has 0 atom stereocenters. The Balaban J connectivity index is 2.56. The molecule has 5 nitrogen and oxygen atoms in total. The molecule has 0 aliphatic rings. The normalized spacial score (nSPS) is 10.4. The molecule has 0 spiro atoms. The molecule has 1 heterocycles. The van der Waals surface area contributed by atoms with Crippen molar-refractivity contribution in [1.29, 1.82) is 0 Å². The van der Waals surface area contributed by atoms with E-state index in [1.165, 1.54) is 0 Å². The molecule has 0 unspecified atom stereocenters. The van der Waals surface area contributed by atoms with Crippen LogP contribution in [-0.4, -0.2) is 42.5 Å². The number of nitrogens with one attached hydrogen (secondary N) is 2. The van der Waals surface area contributed by atoms with Crippen molar-refractivity contribution in [1.82, 2.24) is 15.2 Å². The van der Waals surface area contributed by atoms with Gasteiger partial charge in [0.05, 0.1) is 6.54 Å². The van der Waals surface area contributed by atoms with E-state index in [1.54, 1.807) is 7.05 Å². The first-order valence-corrected chi connectivity index (χ1v) is 6.31. The van der Waals surface area contributed by atoms with E-state index in [0.29, 0.717) is 6.54 Å². The van der Waals surface area contributed by atoms with Crippen molar-refractivity contribution in [3.8, 4) is 0 Å². The van der Waals surface area contributed by atoms with E-state index in [1.807, 2.05) is 32.2 Å². The molecule has 0 fully saturated rings. The van der Waals surface area contributed by atoms with Gasteiger partial charge in [-0.1, -0.05) is 13.0 Å². The van der Waals surface area contributed by atoms with E-state index in [-0.39, 0.29) is 5.91 Å². The summed E-state index contributed by atoms with van der Waals surface area (Å²) < 4.78 is 0. The maximum Gasteiger partial charge on any atom is 0.233 e. The predicted octanol–water partition coefficient (Wildman–Crippen LogP) is 1.08. The average Bonchev–Trinajstić information content (AvgIpc) is 2.40. The number of pyridine rings is 1. The van der Waals surface area contributed by atoms with Gasteiger partial charge in [-0.25, -0.2) is 4.98 Å². The molecular weight excluding hydrogens is 228 g/mol. The van der Waals surface area contributed by atoms with E-state index < -0.39 is 0 Å². The molecule has 5 heteroatoms. The van der Waals surface area contributed by atoms with Gasteiger partial charge in [0.1, 0.15) is 5.82 Å². The second kappa shape index (κ2) is 7.66. The lowest BCUT2D eigenvalue weighted by molar-refractivity contribution is -0.121. The van der Waals surface area contributed by atoms with Crippen molar-refractivity contribution >= 4 is 11.7 Å². The van der Waals surface area contributed by atoms with Gasteiger partial charge in [0, 0.05) is 26.3 Å². The van der Waals surface area contributed by atoms with Crippen LogP contribution in [0.5, 0.6) is 0 Å². The summed E-state index contributed by atoms with van der Waals surface area (Å²) in [6, 6.07) is 4.00. The van der Waals surface area contributed by atoms with Crippen LogP contribution in [0.1, 0.15) is 19.4 Å². The zero-order valence-corrected chi connectivity index (χ0v) is 11.4. The molecular formula is C13H22N4O. The van der Waals surface area contributed by atoms with Crippen molar-refractivity contribution < 1.29 is 4.79 Å². The number of carbonyl (C=O) groups excluding carboxylic acids is 1. The highest BCUT2D eigenvalue weighted by atomic mass is 16.1. The Kier molecular flexibility index (Phi) is 6.14. The molecule has 0 radical (unpaired) electrons. The van der Waals surface area contributed by atoms with Gasteiger partial charge < -0.3 is 10.6 Å². The fourth-order valence-corrected chi connectivity index (χ4v) is 1.62. The van der Waals surface area contributed by atoms with Crippen molar-refractivity contribution in [3.05, 3.63) is 23.9 Å². The van der Waals surface area contributed by atoms with E-state index in [4.69, 9.17) is 0 Å². The summed E-state index contributed by atoms with van der Waals surface area (Å²) in [5.74, 6) is 0.921. The number of nitrogens with zero attached hydrogens (tertiary/aromatic N) is 2. The van der Waals surface area contributed by atoms with Gasteiger partial charge in [0.2, 0.25) is 5.91 Å². The highest BCUT2D eigenvalue weighted by Crippen LogP contribution is 2.07. The van der Waals surface area contributed by atoms with E-state index in [9.17, 15) is 4.79 Å². The minimum atomic E-state index is 0.0362. The summed E-state index contributed by atoms with van der Waals surface area (Å²) in [6.07, 6.45) is 1.85. The quantitative estimate of drug-likeness (QED) is 0.760. The summed E-state index contributed by atoms with van der Waals surface area (Å²) in [5.41, 5.74) is 1.11. The molecule has 0 aliphatic heterocycles. The van der Waals surface area contributed by atoms with Crippen LogP contribution in [0.3, 0.4) is 0 Å². The molecule has 0 aliphatic carbocycles. The van der Waals surface area contributed by atoms with Crippen LogP contribution in [0.15, 0.2) is 18.3 Å². The molecule has 1 amide bonds. The second-order valence-corrected chi connectivity index (χ2v) is 4.06. The standard InChI is InChI=1S/C13H22N4O/c1-4-15-12-7-6-11(8-16-12)9-17(5-2)10-13(18)14-3/h6-8H,4-5,9-10H2,1-3H3,(H,14,18)(H,15,16). The third-order valence-corrected chi connectivity index (χ3v) is 2.68. The first-order valence-electron chi connectivity index (χ1n) is 6.31. The molecule has 18 heavy (non-hydrogen) atoms. The van der Waals surface area contributed by atoms with Gasteiger partial charge in [0.25, 0.3) is 0 Å². The van der Waals surface area contributed by atoms with Crippen LogP contribution in [-0.2, 0) is 11.3 Å². The van der Waals surface area contributed by atoms with Crippen LogP contribution >= 0.6 is 0 Å². The third-order valence-electron chi connectivity index (χ3n) is 2.68. The average molecular weight is 250 g/mol. The number of hydrogen-bond donors (Lipinski definition) is 2. The third kappa shape index (κ3) is 4.71. The topological polar surface area (TPSA) is 57.3 Å². The number of rotatable bonds is 7. The fourth-order valence-electron chi connectivity index (χ4n) is 1.62. The minimum absolute atomic E-state index is 0.0362. The SMILES string of the molecule is CCNc1ccc(CN(CC)CC(=O)NC)cn1. The number of carbonyl (C=O) groups is 1. The highest BCUT2D eigenvalue weighted by molar-refractivity contribution is 5.77. The van der Waals surface area contributed by atoms with Gasteiger partial charge in [-0.3, -0.25) is 9.69 Å². The summed E-state index contributed by atoms with van der Waals surface area (Å²) in [4.78, 5) is 17.7. The van der Waals surface area contributed by atoms with E-state index in [2.05, 4.69) is 20.5 Å². The molecule has 0 saturated carbocycles. The minimum Gasteiger partial charge on any atom is -0.370 e. The largest absolute Gasteiger partial charge is 0.370 e. The van der Waals surface area contributed by atoms with E-state index in [0.717, 1.165) is 31.0 Å². The van der Waals surface area contributed by atoms with Gasteiger partial charge in [-0.2, -0.15) is 0 Å². The Morgan fingerprint density at radius 3 is 2.67 bits per heavy atom. The molecule has 2 N–H and O–H groups in total. The molecule has 0 aromatic carbocycles. The summed E-state index contributed by atoms with van der Waals surface area (Å²) >= 11 is 0. The van der Waals surface area contributed by atoms with Crippen molar-refractivity contribution in [2.75, 3.05) is 32.0 Å². The lowest BCUT2D eigenvalue weighted by atomic mass is 10.2. The number of amides is 1. The fraction of sp³-hybridized carbons (Fsp3) is 0.538. The summed E-state index contributed by atoms with van der Waals surface area (Å²) in [7, 11) is 1.66. The Morgan fingerprint density at radius 2 is 2.17 bits per heavy atom. The van der Waals surface area contributed by atoms with Crippen LogP contribution in [0, 0.1) is 0 Å². The van der Waals surface area contributed by atoms with Gasteiger partial charge in [-0.05, 0) is 25.1 Å². The molecule has 1 aromatic heterocycles. The van der Waals surface area contributed by atoms with Gasteiger partial charge >= 0.3 is 0 Å². The number of aromatic nitrogens is 1.